The van der Waals surface area contributed by atoms with Gasteiger partial charge in [0.05, 0.1) is 13.5 Å². The number of ether oxygens (including phenoxy) is 1. The molecule has 0 saturated carbocycles. The van der Waals surface area contributed by atoms with Crippen LogP contribution in [0.1, 0.15) is 30.4 Å². The highest BCUT2D eigenvalue weighted by Crippen LogP contribution is 2.23. The first-order valence-corrected chi connectivity index (χ1v) is 9.29. The molecule has 1 aliphatic rings. The number of aryl methyl sites for hydroxylation is 1. The minimum absolute atomic E-state index is 0.144. The molecule has 1 heterocycles. The number of carbonyl (C=O) groups is 1. The SMILES string of the molecule is COc1ccc(CCC2CCN(C(=O)Cc3ccc(F)cc3)CC2)cc1. The third-order valence-electron chi connectivity index (χ3n) is 5.24. The van der Waals surface area contributed by atoms with E-state index in [9.17, 15) is 9.18 Å². The summed E-state index contributed by atoms with van der Waals surface area (Å²) in [5, 5.41) is 0. The summed E-state index contributed by atoms with van der Waals surface area (Å²) in [6.45, 7) is 1.65. The van der Waals surface area contributed by atoms with Crippen molar-refractivity contribution in [3.05, 3.63) is 65.5 Å². The van der Waals surface area contributed by atoms with Crippen LogP contribution in [-0.2, 0) is 17.6 Å². The average molecular weight is 355 g/mol. The molecule has 138 valence electrons. The molecule has 1 fully saturated rings. The van der Waals surface area contributed by atoms with Gasteiger partial charge in [-0.05, 0) is 67.0 Å². The number of rotatable bonds is 6. The summed E-state index contributed by atoms with van der Waals surface area (Å²) in [6, 6.07) is 14.5. The van der Waals surface area contributed by atoms with Crippen molar-refractivity contribution >= 4 is 5.91 Å². The van der Waals surface area contributed by atoms with Crippen LogP contribution in [0.3, 0.4) is 0 Å². The highest BCUT2D eigenvalue weighted by Gasteiger charge is 2.22. The number of likely N-dealkylation sites (tertiary alicyclic amines) is 1. The van der Waals surface area contributed by atoms with E-state index in [0.29, 0.717) is 12.3 Å². The summed E-state index contributed by atoms with van der Waals surface area (Å²) in [6.07, 6.45) is 4.71. The molecule has 3 rings (SSSR count). The zero-order valence-corrected chi connectivity index (χ0v) is 15.3. The lowest BCUT2D eigenvalue weighted by Crippen LogP contribution is -2.39. The summed E-state index contributed by atoms with van der Waals surface area (Å²) in [5.41, 5.74) is 2.21. The number of nitrogens with zero attached hydrogens (tertiary/aromatic N) is 1. The highest BCUT2D eigenvalue weighted by atomic mass is 19.1. The van der Waals surface area contributed by atoms with Crippen LogP contribution in [0.25, 0.3) is 0 Å². The molecule has 0 aliphatic carbocycles. The molecule has 26 heavy (non-hydrogen) atoms. The standard InChI is InChI=1S/C22H26FNO2/c1-26-21-10-6-17(7-11-21)2-3-18-12-14-24(15-13-18)22(25)16-19-4-8-20(23)9-5-19/h4-11,18H,2-3,12-16H2,1H3. The fourth-order valence-corrected chi connectivity index (χ4v) is 3.52. The van der Waals surface area contributed by atoms with Crippen LogP contribution in [-0.4, -0.2) is 31.0 Å². The van der Waals surface area contributed by atoms with Gasteiger partial charge in [0, 0.05) is 13.1 Å². The molecule has 4 heteroatoms. The molecule has 1 amide bonds. The molecule has 2 aromatic rings. The number of hydrogen-bond donors (Lipinski definition) is 0. The second-order valence-corrected chi connectivity index (χ2v) is 7.01. The van der Waals surface area contributed by atoms with E-state index in [1.54, 1.807) is 19.2 Å². The van der Waals surface area contributed by atoms with Crippen molar-refractivity contribution in [1.29, 1.82) is 0 Å². The van der Waals surface area contributed by atoms with Crippen molar-refractivity contribution in [3.63, 3.8) is 0 Å². The second kappa shape index (κ2) is 8.84. The zero-order chi connectivity index (χ0) is 18.4. The highest BCUT2D eigenvalue weighted by molar-refractivity contribution is 5.78. The van der Waals surface area contributed by atoms with Gasteiger partial charge in [-0.25, -0.2) is 4.39 Å². The van der Waals surface area contributed by atoms with E-state index in [4.69, 9.17) is 4.74 Å². The Labute approximate surface area is 154 Å². The summed E-state index contributed by atoms with van der Waals surface area (Å²) >= 11 is 0. The van der Waals surface area contributed by atoms with Gasteiger partial charge in [-0.3, -0.25) is 4.79 Å². The third kappa shape index (κ3) is 5.07. The minimum atomic E-state index is -0.265. The third-order valence-corrected chi connectivity index (χ3v) is 5.24. The van der Waals surface area contributed by atoms with Crippen LogP contribution in [0.4, 0.5) is 4.39 Å². The Morgan fingerprint density at radius 3 is 2.27 bits per heavy atom. The van der Waals surface area contributed by atoms with Gasteiger partial charge in [0.2, 0.25) is 5.91 Å². The maximum Gasteiger partial charge on any atom is 0.226 e. The molecule has 0 radical (unpaired) electrons. The number of methoxy groups -OCH3 is 1. The van der Waals surface area contributed by atoms with Crippen molar-refractivity contribution in [2.24, 2.45) is 5.92 Å². The van der Waals surface area contributed by atoms with E-state index >= 15 is 0 Å². The molecule has 0 spiro atoms. The predicted molar refractivity (Wildman–Crippen MR) is 101 cm³/mol. The van der Waals surface area contributed by atoms with Crippen molar-refractivity contribution in [1.82, 2.24) is 4.90 Å². The molecule has 0 bridgehead atoms. The monoisotopic (exact) mass is 355 g/mol. The van der Waals surface area contributed by atoms with E-state index in [2.05, 4.69) is 12.1 Å². The van der Waals surface area contributed by atoms with Crippen LogP contribution in [0.15, 0.2) is 48.5 Å². The lowest BCUT2D eigenvalue weighted by atomic mass is 9.90. The molecular formula is C22H26FNO2. The molecule has 0 aromatic heterocycles. The van der Waals surface area contributed by atoms with Crippen molar-refractivity contribution in [3.8, 4) is 5.75 Å². The molecule has 2 aromatic carbocycles. The molecule has 1 saturated heterocycles. The van der Waals surface area contributed by atoms with Gasteiger partial charge >= 0.3 is 0 Å². The van der Waals surface area contributed by atoms with E-state index in [0.717, 1.165) is 50.1 Å². The number of halogens is 1. The molecule has 3 nitrogen and oxygen atoms in total. The van der Waals surface area contributed by atoms with Gasteiger partial charge in [0.1, 0.15) is 11.6 Å². The van der Waals surface area contributed by atoms with Crippen molar-refractivity contribution in [2.45, 2.75) is 32.1 Å². The predicted octanol–water partition coefficient (Wildman–Crippen LogP) is 4.25. The van der Waals surface area contributed by atoms with Gasteiger partial charge in [0.15, 0.2) is 0 Å². The Bertz CT molecular complexity index is 704. The Balaban J connectivity index is 1.41. The Hall–Kier alpha value is -2.36. The van der Waals surface area contributed by atoms with Gasteiger partial charge in [-0.2, -0.15) is 0 Å². The number of benzene rings is 2. The smallest absolute Gasteiger partial charge is 0.226 e. The Morgan fingerprint density at radius 1 is 1.04 bits per heavy atom. The van der Waals surface area contributed by atoms with Crippen molar-refractivity contribution in [2.75, 3.05) is 20.2 Å². The quantitative estimate of drug-likeness (QED) is 0.775. The molecule has 0 unspecified atom stereocenters. The first-order chi connectivity index (χ1) is 12.6. The maximum absolute atomic E-state index is 13.0. The number of carbonyl (C=O) groups excluding carboxylic acids is 1. The van der Waals surface area contributed by atoms with Crippen LogP contribution in [0, 0.1) is 11.7 Å². The Kier molecular flexibility index (Phi) is 6.26. The zero-order valence-electron chi connectivity index (χ0n) is 15.3. The first kappa shape index (κ1) is 18.4. The minimum Gasteiger partial charge on any atom is -0.497 e. The first-order valence-electron chi connectivity index (χ1n) is 9.29. The fraction of sp³-hybridized carbons (Fsp3) is 0.409. The van der Waals surface area contributed by atoms with Crippen LogP contribution >= 0.6 is 0 Å². The summed E-state index contributed by atoms with van der Waals surface area (Å²) in [4.78, 5) is 14.4. The maximum atomic E-state index is 13.0. The fourth-order valence-electron chi connectivity index (χ4n) is 3.52. The van der Waals surface area contributed by atoms with Gasteiger partial charge in [0.25, 0.3) is 0 Å². The van der Waals surface area contributed by atoms with E-state index in [-0.39, 0.29) is 11.7 Å². The van der Waals surface area contributed by atoms with Crippen molar-refractivity contribution < 1.29 is 13.9 Å². The van der Waals surface area contributed by atoms with Crippen LogP contribution < -0.4 is 4.74 Å². The topological polar surface area (TPSA) is 29.5 Å². The van der Waals surface area contributed by atoms with Gasteiger partial charge in [-0.1, -0.05) is 24.3 Å². The van der Waals surface area contributed by atoms with Crippen LogP contribution in [0.5, 0.6) is 5.75 Å². The van der Waals surface area contributed by atoms with E-state index in [1.165, 1.54) is 17.7 Å². The lowest BCUT2D eigenvalue weighted by Gasteiger charge is -2.32. The largest absolute Gasteiger partial charge is 0.497 e. The molecule has 0 atom stereocenters. The Morgan fingerprint density at radius 2 is 1.65 bits per heavy atom. The van der Waals surface area contributed by atoms with Gasteiger partial charge in [-0.15, -0.1) is 0 Å². The second-order valence-electron chi connectivity index (χ2n) is 7.01. The number of amides is 1. The summed E-state index contributed by atoms with van der Waals surface area (Å²) < 4.78 is 18.1. The average Bonchev–Trinajstić information content (AvgIpc) is 2.69. The van der Waals surface area contributed by atoms with E-state index < -0.39 is 0 Å². The molecule has 1 aliphatic heterocycles. The summed E-state index contributed by atoms with van der Waals surface area (Å²) in [5.74, 6) is 1.44. The lowest BCUT2D eigenvalue weighted by molar-refractivity contribution is -0.131. The van der Waals surface area contributed by atoms with Crippen LogP contribution in [0.2, 0.25) is 0 Å². The van der Waals surface area contributed by atoms with E-state index in [1.807, 2.05) is 17.0 Å². The number of piperidine rings is 1. The number of hydrogen-bond acceptors (Lipinski definition) is 2. The molecular weight excluding hydrogens is 329 g/mol. The van der Waals surface area contributed by atoms with Gasteiger partial charge < -0.3 is 9.64 Å². The molecule has 0 N–H and O–H groups in total. The normalized spacial score (nSPS) is 15.1. The summed E-state index contributed by atoms with van der Waals surface area (Å²) in [7, 11) is 1.68.